The number of carbonyl (C=O) groups excluding carboxylic acids is 1. The Morgan fingerprint density at radius 2 is 1.95 bits per heavy atom. The van der Waals surface area contributed by atoms with Crippen molar-refractivity contribution in [3.63, 3.8) is 0 Å². The topological polar surface area (TPSA) is 112 Å². The first-order chi connectivity index (χ1) is 19.4. The van der Waals surface area contributed by atoms with Gasteiger partial charge in [0.2, 0.25) is 11.9 Å². The maximum absolute atomic E-state index is 12.3. The number of hydrogen-bond acceptors (Lipinski definition) is 9. The van der Waals surface area contributed by atoms with Crippen molar-refractivity contribution >= 4 is 45.6 Å². The SMILES string of the molecule is C=CC(=O)Nc1cc(Nc2nccc(-n3nc(NC4CC4)c4ccccc43)n2)c(OC)cc1N(C)CCN(C)C. The summed E-state index contributed by atoms with van der Waals surface area (Å²) in [6.45, 7) is 5.18. The van der Waals surface area contributed by atoms with Crippen molar-refractivity contribution in [2.24, 2.45) is 0 Å². The van der Waals surface area contributed by atoms with E-state index in [2.05, 4.69) is 43.4 Å². The standard InChI is InChI=1S/C29H35N9O2/c1-6-27(39)32-21-17-22(25(40-5)18-24(21)37(4)16-15-36(2)3)33-29-30-14-13-26(34-29)38-23-10-8-7-9-20(23)28(35-38)31-19-11-12-19/h6-10,13-14,17-19H,1,11-12,15-16H2,2-5H3,(H,31,35)(H,32,39)(H,30,33,34). The van der Waals surface area contributed by atoms with Crippen molar-refractivity contribution in [3.8, 4) is 11.6 Å². The van der Waals surface area contributed by atoms with Crippen LogP contribution in [0.1, 0.15) is 12.8 Å². The highest BCUT2D eigenvalue weighted by Crippen LogP contribution is 2.38. The van der Waals surface area contributed by atoms with Gasteiger partial charge in [-0.05, 0) is 51.2 Å². The molecule has 2 heterocycles. The second-order valence-electron chi connectivity index (χ2n) is 10.0. The molecule has 2 aromatic heterocycles. The highest BCUT2D eigenvalue weighted by molar-refractivity contribution is 6.02. The van der Waals surface area contributed by atoms with Crippen LogP contribution in [0.2, 0.25) is 0 Å². The number of likely N-dealkylation sites (N-methyl/N-ethyl adjacent to an activating group) is 2. The minimum atomic E-state index is -0.308. The monoisotopic (exact) mass is 541 g/mol. The van der Waals surface area contributed by atoms with E-state index in [4.69, 9.17) is 14.8 Å². The van der Waals surface area contributed by atoms with Crippen LogP contribution in [0.3, 0.4) is 0 Å². The molecule has 0 spiro atoms. The molecule has 0 bridgehead atoms. The number of hydrogen-bond donors (Lipinski definition) is 3. The van der Waals surface area contributed by atoms with Gasteiger partial charge >= 0.3 is 0 Å². The van der Waals surface area contributed by atoms with Crippen LogP contribution in [0.15, 0.2) is 61.3 Å². The van der Waals surface area contributed by atoms with Crippen LogP contribution in [0.25, 0.3) is 16.7 Å². The second kappa shape index (κ2) is 11.6. The van der Waals surface area contributed by atoms with E-state index in [-0.39, 0.29) is 5.91 Å². The molecule has 11 heteroatoms. The fraction of sp³-hybridized carbons (Fsp3) is 0.310. The molecule has 4 aromatic rings. The number of benzene rings is 2. The number of ether oxygens (including phenoxy) is 1. The van der Waals surface area contributed by atoms with Gasteiger partial charge in [-0.15, -0.1) is 5.10 Å². The van der Waals surface area contributed by atoms with Crippen LogP contribution < -0.4 is 25.6 Å². The van der Waals surface area contributed by atoms with Gasteiger partial charge in [-0.1, -0.05) is 18.7 Å². The lowest BCUT2D eigenvalue weighted by Crippen LogP contribution is -2.29. The molecule has 1 saturated carbocycles. The average Bonchev–Trinajstić information content (AvgIpc) is 3.71. The molecule has 1 aliphatic rings. The maximum Gasteiger partial charge on any atom is 0.247 e. The van der Waals surface area contributed by atoms with Gasteiger partial charge in [0.15, 0.2) is 11.6 Å². The summed E-state index contributed by atoms with van der Waals surface area (Å²) in [5, 5.41) is 15.6. The van der Waals surface area contributed by atoms with E-state index in [0.29, 0.717) is 34.9 Å². The fourth-order valence-corrected chi connectivity index (χ4v) is 4.32. The van der Waals surface area contributed by atoms with E-state index in [9.17, 15) is 4.79 Å². The van der Waals surface area contributed by atoms with E-state index in [1.54, 1.807) is 13.3 Å². The van der Waals surface area contributed by atoms with Crippen molar-refractivity contribution in [1.29, 1.82) is 0 Å². The molecular formula is C29H35N9O2. The van der Waals surface area contributed by atoms with Gasteiger partial charge in [-0.25, -0.2) is 9.67 Å². The number of para-hydroxylation sites is 1. The lowest BCUT2D eigenvalue weighted by Gasteiger charge is -2.26. The van der Waals surface area contributed by atoms with E-state index in [1.165, 1.54) is 6.08 Å². The first-order valence-corrected chi connectivity index (χ1v) is 13.2. The zero-order valence-corrected chi connectivity index (χ0v) is 23.3. The van der Waals surface area contributed by atoms with Crippen LogP contribution in [0.4, 0.5) is 28.8 Å². The van der Waals surface area contributed by atoms with Crippen LogP contribution >= 0.6 is 0 Å². The highest BCUT2D eigenvalue weighted by Gasteiger charge is 2.24. The molecule has 11 nitrogen and oxygen atoms in total. The van der Waals surface area contributed by atoms with Gasteiger partial charge in [-0.2, -0.15) is 4.98 Å². The predicted molar refractivity (Wildman–Crippen MR) is 160 cm³/mol. The number of fused-ring (bicyclic) bond motifs is 1. The third-order valence-electron chi connectivity index (χ3n) is 6.66. The average molecular weight is 542 g/mol. The first-order valence-electron chi connectivity index (χ1n) is 13.2. The smallest absolute Gasteiger partial charge is 0.247 e. The van der Waals surface area contributed by atoms with E-state index in [0.717, 1.165) is 48.3 Å². The van der Waals surface area contributed by atoms with E-state index in [1.807, 2.05) is 62.2 Å². The molecule has 0 aliphatic heterocycles. The maximum atomic E-state index is 12.3. The second-order valence-corrected chi connectivity index (χ2v) is 10.0. The number of nitrogens with zero attached hydrogens (tertiary/aromatic N) is 6. The fourth-order valence-electron chi connectivity index (χ4n) is 4.32. The summed E-state index contributed by atoms with van der Waals surface area (Å²) in [5.74, 6) is 2.11. The van der Waals surface area contributed by atoms with Crippen LogP contribution in [0.5, 0.6) is 5.75 Å². The number of anilines is 5. The molecule has 0 atom stereocenters. The molecule has 0 unspecified atom stereocenters. The normalized spacial score (nSPS) is 12.8. The molecule has 5 rings (SSSR count). The third kappa shape index (κ3) is 5.99. The Labute approximate surface area is 233 Å². The number of aromatic nitrogens is 4. The molecule has 40 heavy (non-hydrogen) atoms. The van der Waals surface area contributed by atoms with Crippen molar-refractivity contribution in [1.82, 2.24) is 24.6 Å². The molecule has 1 fully saturated rings. The minimum Gasteiger partial charge on any atom is -0.494 e. The number of rotatable bonds is 12. The zero-order chi connectivity index (χ0) is 28.2. The van der Waals surface area contributed by atoms with Gasteiger partial charge in [0.25, 0.3) is 0 Å². The summed E-state index contributed by atoms with van der Waals surface area (Å²) in [4.78, 5) is 25.6. The van der Waals surface area contributed by atoms with Gasteiger partial charge < -0.3 is 30.5 Å². The Balaban J connectivity index is 1.48. The molecule has 1 amide bonds. The highest BCUT2D eigenvalue weighted by atomic mass is 16.5. The Hall–Kier alpha value is -4.64. The number of nitrogens with one attached hydrogen (secondary N) is 3. The van der Waals surface area contributed by atoms with Gasteiger partial charge in [-0.3, -0.25) is 4.79 Å². The molecule has 208 valence electrons. The minimum absolute atomic E-state index is 0.308. The molecule has 3 N–H and O–H groups in total. The predicted octanol–water partition coefficient (Wildman–Crippen LogP) is 4.26. The summed E-state index contributed by atoms with van der Waals surface area (Å²) >= 11 is 0. The molecule has 0 saturated heterocycles. The largest absolute Gasteiger partial charge is 0.494 e. The van der Waals surface area contributed by atoms with Gasteiger partial charge in [0.1, 0.15) is 5.75 Å². The molecule has 1 aliphatic carbocycles. The summed E-state index contributed by atoms with van der Waals surface area (Å²) < 4.78 is 7.55. The molecule has 0 radical (unpaired) electrons. The summed E-state index contributed by atoms with van der Waals surface area (Å²) in [7, 11) is 7.62. The summed E-state index contributed by atoms with van der Waals surface area (Å²) in [6.07, 6.45) is 5.24. The first kappa shape index (κ1) is 26.9. The van der Waals surface area contributed by atoms with Crippen molar-refractivity contribution in [2.45, 2.75) is 18.9 Å². The van der Waals surface area contributed by atoms with Crippen molar-refractivity contribution in [2.75, 3.05) is 62.2 Å². The van der Waals surface area contributed by atoms with E-state index >= 15 is 0 Å². The number of amides is 1. The third-order valence-corrected chi connectivity index (χ3v) is 6.66. The molecular weight excluding hydrogens is 506 g/mol. The lowest BCUT2D eigenvalue weighted by molar-refractivity contribution is -0.111. The van der Waals surface area contributed by atoms with Crippen molar-refractivity contribution in [3.05, 3.63) is 61.3 Å². The Bertz CT molecular complexity index is 1530. The quantitative estimate of drug-likeness (QED) is 0.226. The van der Waals surface area contributed by atoms with Crippen LogP contribution in [-0.2, 0) is 4.79 Å². The van der Waals surface area contributed by atoms with Gasteiger partial charge in [0, 0.05) is 49.9 Å². The van der Waals surface area contributed by atoms with Crippen molar-refractivity contribution < 1.29 is 9.53 Å². The van der Waals surface area contributed by atoms with Crippen LogP contribution in [-0.4, -0.2) is 77.9 Å². The Morgan fingerprint density at radius 3 is 2.67 bits per heavy atom. The summed E-state index contributed by atoms with van der Waals surface area (Å²) in [5.41, 5.74) is 2.98. The summed E-state index contributed by atoms with van der Waals surface area (Å²) in [6, 6.07) is 14.1. The Kier molecular flexibility index (Phi) is 7.83. The van der Waals surface area contributed by atoms with Crippen LogP contribution in [0, 0.1) is 0 Å². The number of carbonyl (C=O) groups is 1. The lowest BCUT2D eigenvalue weighted by atomic mass is 10.2. The number of methoxy groups -OCH3 is 1. The van der Waals surface area contributed by atoms with E-state index < -0.39 is 0 Å². The zero-order valence-electron chi connectivity index (χ0n) is 23.3. The Morgan fingerprint density at radius 1 is 1.15 bits per heavy atom. The molecule has 2 aromatic carbocycles. The van der Waals surface area contributed by atoms with Gasteiger partial charge in [0.05, 0.1) is 29.7 Å².